The van der Waals surface area contributed by atoms with E-state index in [0.29, 0.717) is 6.04 Å². The second-order valence-corrected chi connectivity index (χ2v) is 6.66. The van der Waals surface area contributed by atoms with Crippen molar-refractivity contribution in [3.05, 3.63) is 11.6 Å². The molecule has 1 aromatic rings. The molecule has 0 radical (unpaired) electrons. The summed E-state index contributed by atoms with van der Waals surface area (Å²) < 4.78 is 2.39. The first-order chi connectivity index (χ1) is 9.70. The zero-order chi connectivity index (χ0) is 14.1. The molecule has 0 bridgehead atoms. The summed E-state index contributed by atoms with van der Waals surface area (Å²) in [6, 6.07) is 1.42. The fraction of sp³-hybridized carbons (Fsp3) is 0.875. The van der Waals surface area contributed by atoms with Gasteiger partial charge in [-0.2, -0.15) is 0 Å². The summed E-state index contributed by atoms with van der Waals surface area (Å²) in [5, 5.41) is 8.77. The van der Waals surface area contributed by atoms with Crippen LogP contribution in [0.3, 0.4) is 0 Å². The summed E-state index contributed by atoms with van der Waals surface area (Å²) in [5.41, 5.74) is 0. The Balaban J connectivity index is 1.74. The third-order valence-corrected chi connectivity index (χ3v) is 5.13. The van der Waals surface area contributed by atoms with Gasteiger partial charge in [0.25, 0.3) is 0 Å². The first-order valence-electron chi connectivity index (χ1n) is 8.35. The number of hydrogen-bond acceptors (Lipinski definition) is 3. The van der Waals surface area contributed by atoms with Crippen LogP contribution in [-0.4, -0.2) is 32.3 Å². The van der Waals surface area contributed by atoms with E-state index in [1.54, 1.807) is 0 Å². The van der Waals surface area contributed by atoms with Crippen molar-refractivity contribution in [2.24, 2.45) is 5.92 Å². The van der Waals surface area contributed by atoms with Gasteiger partial charge in [0.1, 0.15) is 11.6 Å². The Morgan fingerprint density at radius 3 is 2.55 bits per heavy atom. The summed E-state index contributed by atoms with van der Waals surface area (Å²) in [6.45, 7) is 8.89. The van der Waals surface area contributed by atoms with Crippen molar-refractivity contribution in [1.82, 2.24) is 19.7 Å². The van der Waals surface area contributed by atoms with Gasteiger partial charge in [0, 0.05) is 12.1 Å². The number of aryl methyl sites for hydroxylation is 1. The van der Waals surface area contributed by atoms with Crippen LogP contribution in [0.25, 0.3) is 0 Å². The van der Waals surface area contributed by atoms with Crippen LogP contribution in [0.1, 0.15) is 70.1 Å². The Hall–Kier alpha value is -0.900. The second-order valence-electron chi connectivity index (χ2n) is 6.66. The van der Waals surface area contributed by atoms with Crippen molar-refractivity contribution in [1.29, 1.82) is 0 Å². The van der Waals surface area contributed by atoms with E-state index < -0.39 is 0 Å². The molecule has 3 rings (SSSR count). The minimum atomic E-state index is 0.683. The van der Waals surface area contributed by atoms with Crippen LogP contribution in [-0.2, 0) is 6.54 Å². The van der Waals surface area contributed by atoms with Crippen molar-refractivity contribution in [2.45, 2.75) is 77.9 Å². The maximum atomic E-state index is 4.46. The predicted molar refractivity (Wildman–Crippen MR) is 80.5 cm³/mol. The lowest BCUT2D eigenvalue weighted by Crippen LogP contribution is -2.41. The smallest absolute Gasteiger partial charge is 0.147 e. The number of aromatic nitrogens is 3. The molecule has 1 heterocycles. The average molecular weight is 276 g/mol. The Morgan fingerprint density at radius 1 is 1.15 bits per heavy atom. The van der Waals surface area contributed by atoms with E-state index in [2.05, 4.69) is 40.4 Å². The van der Waals surface area contributed by atoms with Crippen molar-refractivity contribution < 1.29 is 0 Å². The Bertz CT molecular complexity index is 449. The van der Waals surface area contributed by atoms with E-state index >= 15 is 0 Å². The third kappa shape index (κ3) is 2.76. The molecule has 0 unspecified atom stereocenters. The SMILES string of the molecule is CCN(Cc1nnc(C)n1C1CC1)[C@H]1CCCC[C@@H]1C. The monoisotopic (exact) mass is 276 g/mol. The molecule has 0 amide bonds. The molecule has 0 aromatic carbocycles. The van der Waals surface area contributed by atoms with Gasteiger partial charge in [-0.05, 0) is 45.1 Å². The Kier molecular flexibility index (Phi) is 4.11. The molecule has 1 aromatic heterocycles. The van der Waals surface area contributed by atoms with E-state index in [0.717, 1.165) is 30.9 Å². The van der Waals surface area contributed by atoms with Gasteiger partial charge in [-0.15, -0.1) is 10.2 Å². The van der Waals surface area contributed by atoms with Gasteiger partial charge in [0.15, 0.2) is 0 Å². The van der Waals surface area contributed by atoms with Crippen LogP contribution in [0.2, 0.25) is 0 Å². The molecule has 4 heteroatoms. The maximum Gasteiger partial charge on any atom is 0.147 e. The minimum Gasteiger partial charge on any atom is -0.311 e. The summed E-state index contributed by atoms with van der Waals surface area (Å²) in [4.78, 5) is 2.63. The maximum absolute atomic E-state index is 4.46. The van der Waals surface area contributed by atoms with E-state index in [1.165, 1.54) is 44.3 Å². The highest BCUT2D eigenvalue weighted by molar-refractivity contribution is 5.02. The van der Waals surface area contributed by atoms with Crippen molar-refractivity contribution in [3.63, 3.8) is 0 Å². The molecule has 0 saturated heterocycles. The lowest BCUT2D eigenvalue weighted by molar-refractivity contribution is 0.106. The van der Waals surface area contributed by atoms with Crippen molar-refractivity contribution >= 4 is 0 Å². The summed E-state index contributed by atoms with van der Waals surface area (Å²) >= 11 is 0. The van der Waals surface area contributed by atoms with Crippen LogP contribution >= 0.6 is 0 Å². The normalized spacial score (nSPS) is 27.2. The van der Waals surface area contributed by atoms with Crippen LogP contribution in [0.15, 0.2) is 0 Å². The highest BCUT2D eigenvalue weighted by atomic mass is 15.3. The lowest BCUT2D eigenvalue weighted by atomic mass is 9.85. The summed E-state index contributed by atoms with van der Waals surface area (Å²) in [6.07, 6.45) is 8.14. The van der Waals surface area contributed by atoms with Crippen molar-refractivity contribution in [3.8, 4) is 0 Å². The Morgan fingerprint density at radius 2 is 1.90 bits per heavy atom. The van der Waals surface area contributed by atoms with E-state index in [1.807, 2.05) is 0 Å². The zero-order valence-electron chi connectivity index (χ0n) is 13.2. The third-order valence-electron chi connectivity index (χ3n) is 5.13. The highest BCUT2D eigenvalue weighted by Crippen LogP contribution is 2.37. The van der Waals surface area contributed by atoms with Crippen LogP contribution in [0.5, 0.6) is 0 Å². The second kappa shape index (κ2) is 5.84. The van der Waals surface area contributed by atoms with Gasteiger partial charge >= 0.3 is 0 Å². The topological polar surface area (TPSA) is 34.0 Å². The lowest BCUT2D eigenvalue weighted by Gasteiger charge is -2.37. The molecule has 20 heavy (non-hydrogen) atoms. The molecule has 2 aliphatic rings. The van der Waals surface area contributed by atoms with E-state index in [4.69, 9.17) is 0 Å². The first kappa shape index (κ1) is 14.1. The molecular formula is C16H28N4. The predicted octanol–water partition coefficient (Wildman–Crippen LogP) is 3.32. The molecular weight excluding hydrogens is 248 g/mol. The fourth-order valence-electron chi connectivity index (χ4n) is 3.81. The zero-order valence-corrected chi connectivity index (χ0v) is 13.2. The largest absolute Gasteiger partial charge is 0.311 e. The van der Waals surface area contributed by atoms with Gasteiger partial charge in [-0.3, -0.25) is 4.90 Å². The highest BCUT2D eigenvalue weighted by Gasteiger charge is 2.31. The summed E-state index contributed by atoms with van der Waals surface area (Å²) in [5.74, 6) is 3.10. The molecule has 2 fully saturated rings. The molecule has 2 atom stereocenters. The minimum absolute atomic E-state index is 0.683. The van der Waals surface area contributed by atoms with Crippen LogP contribution in [0, 0.1) is 12.8 Å². The van der Waals surface area contributed by atoms with Crippen molar-refractivity contribution in [2.75, 3.05) is 6.54 Å². The average Bonchev–Trinajstić information content (AvgIpc) is 3.21. The fourth-order valence-corrected chi connectivity index (χ4v) is 3.81. The quantitative estimate of drug-likeness (QED) is 0.827. The molecule has 112 valence electrons. The molecule has 0 N–H and O–H groups in total. The molecule has 0 aliphatic heterocycles. The summed E-state index contributed by atoms with van der Waals surface area (Å²) in [7, 11) is 0. The van der Waals surface area contributed by atoms with Gasteiger partial charge in [-0.25, -0.2) is 0 Å². The van der Waals surface area contributed by atoms with Crippen LogP contribution in [0.4, 0.5) is 0 Å². The van der Waals surface area contributed by atoms with Gasteiger partial charge in [-0.1, -0.05) is 26.7 Å². The standard InChI is InChI=1S/C16H28N4/c1-4-19(15-8-6-5-7-12(15)2)11-16-18-17-13(3)20(16)14-9-10-14/h12,14-15H,4-11H2,1-3H3/t12-,15-/m0/s1. The molecule has 2 saturated carbocycles. The van der Waals surface area contributed by atoms with Gasteiger partial charge in [0.05, 0.1) is 6.54 Å². The molecule has 2 aliphatic carbocycles. The van der Waals surface area contributed by atoms with Crippen LogP contribution < -0.4 is 0 Å². The number of nitrogens with zero attached hydrogens (tertiary/aromatic N) is 4. The van der Waals surface area contributed by atoms with E-state index in [-0.39, 0.29) is 0 Å². The van der Waals surface area contributed by atoms with Gasteiger partial charge < -0.3 is 4.57 Å². The Labute approximate surface area is 122 Å². The number of rotatable bonds is 5. The first-order valence-corrected chi connectivity index (χ1v) is 8.35. The molecule has 0 spiro atoms. The van der Waals surface area contributed by atoms with Gasteiger partial charge in [0.2, 0.25) is 0 Å². The number of hydrogen-bond donors (Lipinski definition) is 0. The molecule has 4 nitrogen and oxygen atoms in total. The van der Waals surface area contributed by atoms with E-state index in [9.17, 15) is 0 Å².